The molecule has 128 valence electrons. The Hall–Kier alpha value is -2.48. The highest BCUT2D eigenvalue weighted by molar-refractivity contribution is 6.32. The number of hydrogen-bond donors (Lipinski definition) is 2. The second-order valence-corrected chi connectivity index (χ2v) is 4.98. The number of hydrogen-bond acceptors (Lipinski definition) is 5. The van der Waals surface area contributed by atoms with Gasteiger partial charge in [0.15, 0.2) is 5.82 Å². The Kier molecular flexibility index (Phi) is 5.50. The molecule has 0 aliphatic rings. The fraction of sp³-hybridized carbons (Fsp3) is 0.200. The summed E-state index contributed by atoms with van der Waals surface area (Å²) in [7, 11) is 0. The monoisotopic (exact) mass is 359 g/mol. The average molecular weight is 360 g/mol. The first-order valence-corrected chi connectivity index (χ1v) is 7.16. The van der Waals surface area contributed by atoms with E-state index in [2.05, 4.69) is 15.5 Å². The van der Waals surface area contributed by atoms with Crippen molar-refractivity contribution in [2.24, 2.45) is 5.10 Å². The molecule has 0 saturated carbocycles. The molecule has 0 saturated heterocycles. The Labute approximate surface area is 140 Å². The molecular weight excluding hydrogens is 347 g/mol. The van der Waals surface area contributed by atoms with Gasteiger partial charge in [-0.05, 0) is 25.1 Å². The highest BCUT2D eigenvalue weighted by Gasteiger charge is 2.31. The number of rotatable bonds is 5. The lowest BCUT2D eigenvalue weighted by molar-refractivity contribution is -0.137. The predicted molar refractivity (Wildman–Crippen MR) is 84.7 cm³/mol. The molecule has 5 nitrogen and oxygen atoms in total. The van der Waals surface area contributed by atoms with Gasteiger partial charge < -0.3 is 9.84 Å². The summed E-state index contributed by atoms with van der Waals surface area (Å²) < 4.78 is 42.8. The van der Waals surface area contributed by atoms with Gasteiger partial charge in [-0.2, -0.15) is 18.3 Å². The zero-order chi connectivity index (χ0) is 17.7. The van der Waals surface area contributed by atoms with E-state index in [0.29, 0.717) is 24.1 Å². The van der Waals surface area contributed by atoms with Crippen LogP contribution in [0, 0.1) is 0 Å². The molecular formula is C15H13ClF3N3O2. The first kappa shape index (κ1) is 17.9. The van der Waals surface area contributed by atoms with Crippen molar-refractivity contribution in [3.05, 3.63) is 46.6 Å². The van der Waals surface area contributed by atoms with Crippen LogP contribution in [0.1, 0.15) is 18.1 Å². The molecule has 0 aliphatic heterocycles. The molecule has 0 unspecified atom stereocenters. The van der Waals surface area contributed by atoms with Crippen molar-refractivity contribution >= 4 is 23.6 Å². The van der Waals surface area contributed by atoms with E-state index in [-0.39, 0.29) is 16.6 Å². The minimum Gasteiger partial charge on any atom is -0.507 e. The maximum Gasteiger partial charge on any atom is 0.417 e. The Morgan fingerprint density at radius 2 is 2.12 bits per heavy atom. The van der Waals surface area contributed by atoms with Gasteiger partial charge in [-0.1, -0.05) is 11.6 Å². The molecule has 0 bridgehead atoms. The van der Waals surface area contributed by atoms with Crippen LogP contribution in [0.4, 0.5) is 19.0 Å². The summed E-state index contributed by atoms with van der Waals surface area (Å²) in [6, 6.07) is 5.40. The lowest BCUT2D eigenvalue weighted by Gasteiger charge is -2.08. The second-order valence-electron chi connectivity index (χ2n) is 4.58. The molecule has 2 rings (SSSR count). The minimum atomic E-state index is -4.52. The zero-order valence-corrected chi connectivity index (χ0v) is 13.2. The summed E-state index contributed by atoms with van der Waals surface area (Å²) in [5, 5.41) is 13.4. The largest absolute Gasteiger partial charge is 0.507 e. The van der Waals surface area contributed by atoms with Gasteiger partial charge >= 0.3 is 6.18 Å². The summed E-state index contributed by atoms with van der Waals surface area (Å²) in [4.78, 5) is 3.58. The fourth-order valence-corrected chi connectivity index (χ4v) is 1.94. The maximum absolute atomic E-state index is 12.5. The molecule has 0 atom stereocenters. The Balaban J connectivity index is 2.09. The van der Waals surface area contributed by atoms with E-state index in [1.54, 1.807) is 12.1 Å². The van der Waals surface area contributed by atoms with Crippen molar-refractivity contribution < 1.29 is 23.0 Å². The Morgan fingerprint density at radius 1 is 1.38 bits per heavy atom. The van der Waals surface area contributed by atoms with Gasteiger partial charge in [-0.3, -0.25) is 5.43 Å². The number of benzene rings is 1. The highest BCUT2D eigenvalue weighted by atomic mass is 35.5. The van der Waals surface area contributed by atoms with Crippen molar-refractivity contribution in [1.82, 2.24) is 4.98 Å². The third-order valence-corrected chi connectivity index (χ3v) is 3.14. The Bertz CT molecular complexity index is 751. The van der Waals surface area contributed by atoms with Crippen molar-refractivity contribution in [2.75, 3.05) is 12.0 Å². The molecule has 1 aromatic carbocycles. The summed E-state index contributed by atoms with van der Waals surface area (Å²) in [5.74, 6) is 0.414. The van der Waals surface area contributed by atoms with Crippen LogP contribution in [-0.2, 0) is 6.18 Å². The third-order valence-electron chi connectivity index (χ3n) is 2.86. The average Bonchev–Trinajstić information content (AvgIpc) is 2.50. The number of phenols is 1. The van der Waals surface area contributed by atoms with Crippen LogP contribution in [0.25, 0.3) is 0 Å². The number of anilines is 1. The van der Waals surface area contributed by atoms with Gasteiger partial charge in [0, 0.05) is 17.8 Å². The zero-order valence-electron chi connectivity index (χ0n) is 12.4. The van der Waals surface area contributed by atoms with Crippen LogP contribution in [0.5, 0.6) is 11.5 Å². The van der Waals surface area contributed by atoms with Crippen LogP contribution >= 0.6 is 11.6 Å². The van der Waals surface area contributed by atoms with Gasteiger partial charge in [-0.15, -0.1) is 0 Å². The number of alkyl halides is 3. The molecule has 1 heterocycles. The number of aromatic nitrogens is 1. The van der Waals surface area contributed by atoms with Gasteiger partial charge in [0.2, 0.25) is 0 Å². The Morgan fingerprint density at radius 3 is 2.71 bits per heavy atom. The van der Waals surface area contributed by atoms with E-state index in [4.69, 9.17) is 16.3 Å². The maximum atomic E-state index is 12.5. The molecule has 24 heavy (non-hydrogen) atoms. The lowest BCUT2D eigenvalue weighted by atomic mass is 10.2. The first-order chi connectivity index (χ1) is 11.3. The van der Waals surface area contributed by atoms with Crippen LogP contribution < -0.4 is 10.2 Å². The topological polar surface area (TPSA) is 66.7 Å². The number of pyridine rings is 1. The molecule has 0 fully saturated rings. The van der Waals surface area contributed by atoms with Gasteiger partial charge in [0.05, 0.1) is 23.4 Å². The van der Waals surface area contributed by atoms with Crippen molar-refractivity contribution in [2.45, 2.75) is 13.1 Å². The van der Waals surface area contributed by atoms with Crippen molar-refractivity contribution in [1.29, 1.82) is 0 Å². The quantitative estimate of drug-likeness (QED) is 0.617. The number of phenolic OH excluding ortho intramolecular Hbond substituents is 1. The molecule has 2 aromatic rings. The number of nitrogens with zero attached hydrogens (tertiary/aromatic N) is 2. The summed E-state index contributed by atoms with van der Waals surface area (Å²) in [5.41, 5.74) is 1.85. The summed E-state index contributed by atoms with van der Waals surface area (Å²) >= 11 is 5.74. The second kappa shape index (κ2) is 7.39. The van der Waals surface area contributed by atoms with E-state index in [0.717, 1.165) is 6.07 Å². The molecule has 9 heteroatoms. The minimum absolute atomic E-state index is 0.0358. The molecule has 0 spiro atoms. The van der Waals surface area contributed by atoms with Gasteiger partial charge in [-0.25, -0.2) is 4.98 Å². The SMILES string of the molecule is CCOc1ccc(C=NNc2ncc(C(F)(F)F)cc2Cl)c(O)c1. The summed E-state index contributed by atoms with van der Waals surface area (Å²) in [6.45, 7) is 2.28. The number of ether oxygens (including phenoxy) is 1. The number of nitrogens with one attached hydrogen (secondary N) is 1. The van der Waals surface area contributed by atoms with E-state index in [1.807, 2.05) is 6.92 Å². The summed E-state index contributed by atoms with van der Waals surface area (Å²) in [6.07, 6.45) is -2.59. The van der Waals surface area contributed by atoms with Crippen LogP contribution in [0.2, 0.25) is 5.02 Å². The molecule has 2 N–H and O–H groups in total. The molecule has 1 aromatic heterocycles. The van der Waals surface area contributed by atoms with Crippen LogP contribution in [0.3, 0.4) is 0 Å². The van der Waals surface area contributed by atoms with Crippen molar-refractivity contribution in [3.8, 4) is 11.5 Å². The van der Waals surface area contributed by atoms with Gasteiger partial charge in [0.25, 0.3) is 0 Å². The molecule has 0 amide bonds. The van der Waals surface area contributed by atoms with E-state index in [1.165, 1.54) is 12.3 Å². The van der Waals surface area contributed by atoms with E-state index in [9.17, 15) is 18.3 Å². The van der Waals surface area contributed by atoms with Crippen LogP contribution in [-0.4, -0.2) is 22.9 Å². The smallest absolute Gasteiger partial charge is 0.417 e. The normalized spacial score (nSPS) is 11.7. The third kappa shape index (κ3) is 4.51. The van der Waals surface area contributed by atoms with Crippen molar-refractivity contribution in [3.63, 3.8) is 0 Å². The fourth-order valence-electron chi connectivity index (χ4n) is 1.73. The molecule has 0 radical (unpaired) electrons. The van der Waals surface area contributed by atoms with Gasteiger partial charge in [0.1, 0.15) is 11.5 Å². The highest BCUT2D eigenvalue weighted by Crippen LogP contribution is 2.32. The predicted octanol–water partition coefficient (Wildman–Crippen LogP) is 4.30. The van der Waals surface area contributed by atoms with E-state index >= 15 is 0 Å². The molecule has 0 aliphatic carbocycles. The lowest BCUT2D eigenvalue weighted by Crippen LogP contribution is -2.06. The number of aromatic hydroxyl groups is 1. The number of hydrazone groups is 1. The standard InChI is InChI=1S/C15H13ClF3N3O2/c1-2-24-11-4-3-9(13(23)6-11)7-21-22-14-12(16)5-10(8-20-14)15(17,18)19/h3-8,23H,2H2,1H3,(H,20,22). The van der Waals surface area contributed by atoms with E-state index < -0.39 is 11.7 Å². The first-order valence-electron chi connectivity index (χ1n) is 6.79. The van der Waals surface area contributed by atoms with Crippen LogP contribution in [0.15, 0.2) is 35.6 Å². The number of halogens is 4.